The number of halogens is 2. The number of nitrogens with one attached hydrogen (secondary N) is 1. The SMILES string of the molecule is C[C@H]1[C@H](NC(=O)Cc2cccc(F)c2)CCN1c1ccc(C#N)c(Cl)c1. The highest BCUT2D eigenvalue weighted by Crippen LogP contribution is 2.29. The van der Waals surface area contributed by atoms with Crippen molar-refractivity contribution < 1.29 is 9.18 Å². The van der Waals surface area contributed by atoms with Gasteiger partial charge in [-0.2, -0.15) is 5.26 Å². The third-order valence-corrected chi connectivity index (χ3v) is 5.07. The molecule has 0 unspecified atom stereocenters. The maximum Gasteiger partial charge on any atom is 0.224 e. The average molecular weight is 372 g/mol. The Hall–Kier alpha value is -2.58. The van der Waals surface area contributed by atoms with Gasteiger partial charge in [0.05, 0.1) is 23.0 Å². The van der Waals surface area contributed by atoms with E-state index in [1.54, 1.807) is 24.3 Å². The fourth-order valence-corrected chi connectivity index (χ4v) is 3.58. The van der Waals surface area contributed by atoms with Gasteiger partial charge in [0.15, 0.2) is 0 Å². The second kappa shape index (κ2) is 7.76. The average Bonchev–Trinajstić information content (AvgIpc) is 2.95. The standard InChI is InChI=1S/C20H19ClFN3O/c1-13-19(24-20(26)10-14-3-2-4-16(22)9-14)7-8-25(13)17-6-5-15(12-23)18(21)11-17/h2-6,9,11,13,19H,7-8,10H2,1H3,(H,24,26)/t13-,19+/m0/s1. The summed E-state index contributed by atoms with van der Waals surface area (Å²) in [5.41, 5.74) is 2.04. The summed E-state index contributed by atoms with van der Waals surface area (Å²) in [4.78, 5) is 14.5. The van der Waals surface area contributed by atoms with E-state index in [-0.39, 0.29) is 30.2 Å². The third-order valence-electron chi connectivity index (χ3n) is 4.76. The first-order valence-corrected chi connectivity index (χ1v) is 8.86. The Labute approximate surface area is 157 Å². The topological polar surface area (TPSA) is 56.1 Å². The summed E-state index contributed by atoms with van der Waals surface area (Å²) in [6.07, 6.45) is 0.970. The van der Waals surface area contributed by atoms with E-state index >= 15 is 0 Å². The molecule has 1 heterocycles. The van der Waals surface area contributed by atoms with Crippen molar-refractivity contribution in [1.82, 2.24) is 5.32 Å². The second-order valence-electron chi connectivity index (χ2n) is 6.48. The number of carbonyl (C=O) groups excluding carboxylic acids is 1. The normalized spacial score (nSPS) is 19.2. The molecule has 0 bridgehead atoms. The molecule has 0 saturated carbocycles. The van der Waals surface area contributed by atoms with Gasteiger partial charge in [0, 0.05) is 18.3 Å². The van der Waals surface area contributed by atoms with Crippen LogP contribution < -0.4 is 10.2 Å². The van der Waals surface area contributed by atoms with Gasteiger partial charge < -0.3 is 10.2 Å². The molecule has 0 aliphatic carbocycles. The lowest BCUT2D eigenvalue weighted by Gasteiger charge is -2.27. The molecular formula is C20H19ClFN3O. The van der Waals surface area contributed by atoms with Gasteiger partial charge in [-0.05, 0) is 49.2 Å². The molecule has 0 radical (unpaired) electrons. The van der Waals surface area contributed by atoms with Crippen LogP contribution in [-0.2, 0) is 11.2 Å². The van der Waals surface area contributed by atoms with E-state index in [1.807, 2.05) is 13.0 Å². The van der Waals surface area contributed by atoms with Crippen LogP contribution in [0.5, 0.6) is 0 Å². The van der Waals surface area contributed by atoms with Crippen LogP contribution in [-0.4, -0.2) is 24.5 Å². The van der Waals surface area contributed by atoms with Gasteiger partial charge in [-0.15, -0.1) is 0 Å². The molecule has 2 aromatic carbocycles. The molecule has 3 rings (SSSR count). The maximum atomic E-state index is 13.2. The molecular weight excluding hydrogens is 353 g/mol. The van der Waals surface area contributed by atoms with Gasteiger partial charge in [0.2, 0.25) is 5.91 Å². The first-order valence-electron chi connectivity index (χ1n) is 8.48. The number of nitrogens with zero attached hydrogens (tertiary/aromatic N) is 2. The molecule has 2 aromatic rings. The van der Waals surface area contributed by atoms with E-state index in [0.717, 1.165) is 18.7 Å². The summed E-state index contributed by atoms with van der Waals surface area (Å²) in [6, 6.07) is 13.6. The van der Waals surface area contributed by atoms with E-state index < -0.39 is 0 Å². The Morgan fingerprint density at radius 1 is 1.38 bits per heavy atom. The zero-order valence-electron chi connectivity index (χ0n) is 14.4. The molecule has 1 amide bonds. The Balaban J connectivity index is 1.63. The fraction of sp³-hybridized carbons (Fsp3) is 0.300. The molecule has 0 spiro atoms. The van der Waals surface area contributed by atoms with Crippen molar-refractivity contribution in [2.45, 2.75) is 31.8 Å². The van der Waals surface area contributed by atoms with E-state index in [0.29, 0.717) is 16.1 Å². The van der Waals surface area contributed by atoms with Crippen LogP contribution in [0.4, 0.5) is 10.1 Å². The van der Waals surface area contributed by atoms with Crippen LogP contribution in [0, 0.1) is 17.1 Å². The summed E-state index contributed by atoms with van der Waals surface area (Å²) < 4.78 is 13.2. The third kappa shape index (κ3) is 3.97. The summed E-state index contributed by atoms with van der Waals surface area (Å²) in [5, 5.41) is 12.5. The predicted octanol–water partition coefficient (Wildman–Crippen LogP) is 3.68. The number of carbonyl (C=O) groups is 1. The number of hydrogen-bond acceptors (Lipinski definition) is 3. The smallest absolute Gasteiger partial charge is 0.224 e. The Bertz CT molecular complexity index is 864. The highest BCUT2D eigenvalue weighted by Gasteiger charge is 2.32. The molecule has 1 saturated heterocycles. The predicted molar refractivity (Wildman–Crippen MR) is 99.6 cm³/mol. The van der Waals surface area contributed by atoms with Gasteiger partial charge >= 0.3 is 0 Å². The summed E-state index contributed by atoms with van der Waals surface area (Å²) in [5.74, 6) is -0.458. The monoisotopic (exact) mass is 371 g/mol. The van der Waals surface area contributed by atoms with Gasteiger partial charge in [0.1, 0.15) is 11.9 Å². The maximum absolute atomic E-state index is 13.2. The molecule has 1 aliphatic rings. The van der Waals surface area contributed by atoms with Crippen molar-refractivity contribution in [3.63, 3.8) is 0 Å². The van der Waals surface area contributed by atoms with Crippen molar-refractivity contribution in [1.29, 1.82) is 5.26 Å². The van der Waals surface area contributed by atoms with Crippen molar-refractivity contribution in [3.8, 4) is 6.07 Å². The van der Waals surface area contributed by atoms with E-state index in [1.165, 1.54) is 12.1 Å². The summed E-state index contributed by atoms with van der Waals surface area (Å²) in [6.45, 7) is 2.83. The molecule has 0 aromatic heterocycles. The minimum atomic E-state index is -0.339. The van der Waals surface area contributed by atoms with E-state index in [4.69, 9.17) is 16.9 Å². The Morgan fingerprint density at radius 2 is 2.19 bits per heavy atom. The Kier molecular flexibility index (Phi) is 5.43. The number of hydrogen-bond donors (Lipinski definition) is 1. The van der Waals surface area contributed by atoms with Crippen molar-refractivity contribution in [2.24, 2.45) is 0 Å². The zero-order valence-corrected chi connectivity index (χ0v) is 15.1. The molecule has 26 heavy (non-hydrogen) atoms. The quantitative estimate of drug-likeness (QED) is 0.892. The minimum Gasteiger partial charge on any atom is -0.367 e. The van der Waals surface area contributed by atoms with Crippen LogP contribution in [0.15, 0.2) is 42.5 Å². The lowest BCUT2D eigenvalue weighted by Crippen LogP contribution is -2.43. The molecule has 1 aliphatic heterocycles. The highest BCUT2D eigenvalue weighted by atomic mass is 35.5. The van der Waals surface area contributed by atoms with Gasteiger partial charge in [-0.25, -0.2) is 4.39 Å². The number of nitriles is 1. The van der Waals surface area contributed by atoms with Crippen LogP contribution in [0.3, 0.4) is 0 Å². The summed E-state index contributed by atoms with van der Waals surface area (Å²) >= 11 is 6.13. The minimum absolute atomic E-state index is 0.00507. The lowest BCUT2D eigenvalue weighted by molar-refractivity contribution is -0.121. The second-order valence-corrected chi connectivity index (χ2v) is 6.89. The number of rotatable bonds is 4. The van der Waals surface area contributed by atoms with Crippen molar-refractivity contribution >= 4 is 23.2 Å². The molecule has 1 fully saturated rings. The number of anilines is 1. The van der Waals surface area contributed by atoms with Gasteiger partial charge in [0.25, 0.3) is 0 Å². The fourth-order valence-electron chi connectivity index (χ4n) is 3.36. The number of benzene rings is 2. The van der Waals surface area contributed by atoms with Crippen molar-refractivity contribution in [2.75, 3.05) is 11.4 Å². The van der Waals surface area contributed by atoms with Crippen LogP contribution in [0.2, 0.25) is 5.02 Å². The molecule has 2 atom stereocenters. The highest BCUT2D eigenvalue weighted by molar-refractivity contribution is 6.32. The van der Waals surface area contributed by atoms with E-state index in [9.17, 15) is 9.18 Å². The zero-order chi connectivity index (χ0) is 18.7. The molecule has 134 valence electrons. The van der Waals surface area contributed by atoms with Gasteiger partial charge in [-0.3, -0.25) is 4.79 Å². The van der Waals surface area contributed by atoms with Crippen molar-refractivity contribution in [3.05, 3.63) is 64.4 Å². The lowest BCUT2D eigenvalue weighted by atomic mass is 10.1. The first kappa shape index (κ1) is 18.2. The van der Waals surface area contributed by atoms with Crippen LogP contribution >= 0.6 is 11.6 Å². The van der Waals surface area contributed by atoms with Crippen LogP contribution in [0.1, 0.15) is 24.5 Å². The van der Waals surface area contributed by atoms with Crippen LogP contribution in [0.25, 0.3) is 0 Å². The molecule has 1 N–H and O–H groups in total. The first-order chi connectivity index (χ1) is 12.5. The molecule has 4 nitrogen and oxygen atoms in total. The summed E-state index contributed by atoms with van der Waals surface area (Å²) in [7, 11) is 0. The molecule has 6 heteroatoms. The Morgan fingerprint density at radius 3 is 2.88 bits per heavy atom. The van der Waals surface area contributed by atoms with Gasteiger partial charge in [-0.1, -0.05) is 23.7 Å². The van der Waals surface area contributed by atoms with E-state index in [2.05, 4.69) is 16.3 Å². The number of amides is 1. The largest absolute Gasteiger partial charge is 0.367 e.